The maximum atomic E-state index is 14.4. The highest BCUT2D eigenvalue weighted by Crippen LogP contribution is 2.31. The molecule has 0 unspecified atom stereocenters. The Bertz CT molecular complexity index is 915. The number of halogens is 5. The van der Waals surface area contributed by atoms with Crippen LogP contribution < -0.4 is 0 Å². The Hall–Kier alpha value is -2.69. The molecule has 0 amide bonds. The van der Waals surface area contributed by atoms with Crippen LogP contribution in [-0.2, 0) is 6.42 Å². The van der Waals surface area contributed by atoms with Gasteiger partial charge in [0.15, 0.2) is 0 Å². The Balaban J connectivity index is 1.94. The molecule has 0 aliphatic rings. The zero-order chi connectivity index (χ0) is 19.6. The second-order valence-corrected chi connectivity index (χ2v) is 6.37. The Morgan fingerprint density at radius 3 is 1.70 bits per heavy atom. The van der Waals surface area contributed by atoms with Crippen molar-refractivity contribution in [1.29, 1.82) is 0 Å². The maximum Gasteiger partial charge on any atom is 0.134 e. The van der Waals surface area contributed by atoms with Crippen molar-refractivity contribution in [3.05, 3.63) is 82.9 Å². The summed E-state index contributed by atoms with van der Waals surface area (Å²) in [5.41, 5.74) is 1.31. The van der Waals surface area contributed by atoms with Crippen molar-refractivity contribution in [3.63, 3.8) is 0 Å². The average molecular weight is 376 g/mol. The Labute approximate surface area is 154 Å². The molecule has 0 nitrogen and oxygen atoms in total. The highest BCUT2D eigenvalue weighted by Gasteiger charge is 2.14. The highest BCUT2D eigenvalue weighted by atomic mass is 19.1. The summed E-state index contributed by atoms with van der Waals surface area (Å²) in [5, 5.41) is 0. The lowest BCUT2D eigenvalue weighted by Gasteiger charge is -2.10. The van der Waals surface area contributed by atoms with Gasteiger partial charge in [-0.25, -0.2) is 17.6 Å². The zero-order valence-electron chi connectivity index (χ0n) is 14.6. The second kappa shape index (κ2) is 7.91. The fraction of sp³-hybridized carbons (Fsp3) is 0.182. The molecule has 0 aliphatic carbocycles. The minimum Gasteiger partial charge on any atom is -0.251 e. The molecule has 3 aromatic rings. The summed E-state index contributed by atoms with van der Waals surface area (Å²) >= 11 is 0. The van der Waals surface area contributed by atoms with Gasteiger partial charge in [0.25, 0.3) is 0 Å². The minimum absolute atomic E-state index is 0.0626. The quantitative estimate of drug-likeness (QED) is 0.430. The summed E-state index contributed by atoms with van der Waals surface area (Å²) in [6.07, 6.45) is 0.463. The van der Waals surface area contributed by atoms with E-state index in [1.54, 1.807) is 12.1 Å². The summed E-state index contributed by atoms with van der Waals surface area (Å²) in [7, 11) is 0. The van der Waals surface area contributed by atoms with E-state index in [4.69, 9.17) is 0 Å². The van der Waals surface area contributed by atoms with E-state index in [1.165, 1.54) is 43.3 Å². The molecular weight excluding hydrogens is 359 g/mol. The normalized spacial score (nSPS) is 11.0. The van der Waals surface area contributed by atoms with Crippen LogP contribution in [0, 0.1) is 30.2 Å². The number of alkyl halides is 1. The van der Waals surface area contributed by atoms with Crippen LogP contribution in [-0.4, -0.2) is 6.67 Å². The fourth-order valence-electron chi connectivity index (χ4n) is 2.96. The van der Waals surface area contributed by atoms with E-state index in [1.807, 2.05) is 0 Å². The van der Waals surface area contributed by atoms with Crippen LogP contribution in [0.2, 0.25) is 0 Å². The Morgan fingerprint density at radius 2 is 1.19 bits per heavy atom. The molecule has 0 saturated carbocycles. The lowest BCUT2D eigenvalue weighted by molar-refractivity contribution is 0.472. The molecule has 0 heterocycles. The molecular formula is C22H17F5. The number of hydrogen-bond donors (Lipinski definition) is 0. The van der Waals surface area contributed by atoms with Crippen LogP contribution in [0.25, 0.3) is 22.3 Å². The van der Waals surface area contributed by atoms with Crippen molar-refractivity contribution < 1.29 is 22.0 Å². The molecule has 3 rings (SSSR count). The van der Waals surface area contributed by atoms with E-state index in [0.29, 0.717) is 22.3 Å². The van der Waals surface area contributed by atoms with Gasteiger partial charge in [0.1, 0.15) is 23.3 Å². The molecule has 0 bridgehead atoms. The van der Waals surface area contributed by atoms with Crippen LogP contribution >= 0.6 is 0 Å². The Kier molecular flexibility index (Phi) is 5.59. The number of hydrogen-bond acceptors (Lipinski definition) is 0. The molecule has 0 spiro atoms. The van der Waals surface area contributed by atoms with Crippen molar-refractivity contribution in [2.45, 2.75) is 19.8 Å². The van der Waals surface area contributed by atoms with Crippen molar-refractivity contribution in [2.75, 3.05) is 6.67 Å². The zero-order valence-corrected chi connectivity index (χ0v) is 14.6. The van der Waals surface area contributed by atoms with Gasteiger partial charge in [-0.15, -0.1) is 0 Å². The largest absolute Gasteiger partial charge is 0.251 e. The topological polar surface area (TPSA) is 0 Å². The van der Waals surface area contributed by atoms with Gasteiger partial charge in [-0.3, -0.25) is 4.39 Å². The number of rotatable bonds is 5. The molecule has 3 aromatic carbocycles. The van der Waals surface area contributed by atoms with Crippen LogP contribution in [0.1, 0.15) is 17.5 Å². The molecule has 0 fully saturated rings. The van der Waals surface area contributed by atoms with Crippen molar-refractivity contribution >= 4 is 0 Å². The summed E-state index contributed by atoms with van der Waals surface area (Å²) in [6, 6.07) is 10.9. The van der Waals surface area contributed by atoms with Crippen molar-refractivity contribution in [2.24, 2.45) is 0 Å². The van der Waals surface area contributed by atoms with Gasteiger partial charge in [0.05, 0.1) is 12.2 Å². The Morgan fingerprint density at radius 1 is 0.667 bits per heavy atom. The monoisotopic (exact) mass is 376 g/mol. The van der Waals surface area contributed by atoms with Crippen LogP contribution in [0.3, 0.4) is 0 Å². The van der Waals surface area contributed by atoms with Crippen molar-refractivity contribution in [1.82, 2.24) is 0 Å². The lowest BCUT2D eigenvalue weighted by atomic mass is 9.97. The summed E-state index contributed by atoms with van der Waals surface area (Å²) in [4.78, 5) is 0. The summed E-state index contributed by atoms with van der Waals surface area (Å²) < 4.78 is 68.4. The molecule has 0 atom stereocenters. The van der Waals surface area contributed by atoms with Crippen LogP contribution in [0.5, 0.6) is 0 Å². The lowest BCUT2D eigenvalue weighted by Crippen LogP contribution is -1.96. The molecule has 0 aliphatic heterocycles. The minimum atomic E-state index is -0.732. The first-order chi connectivity index (χ1) is 12.9. The number of aryl methyl sites for hydroxylation is 1. The van der Waals surface area contributed by atoms with E-state index in [-0.39, 0.29) is 24.0 Å². The number of benzene rings is 3. The standard InChI is InChI=1S/C22H17F5/c1-13-18(24)11-17(12-19(13)25)15-4-6-16(7-5-15)22-20(26)9-14(3-2-8-23)10-21(22)27/h4-7,9-12H,2-3,8H2,1H3. The average Bonchev–Trinajstić information content (AvgIpc) is 2.64. The molecule has 0 radical (unpaired) electrons. The van der Waals surface area contributed by atoms with E-state index < -0.39 is 29.9 Å². The van der Waals surface area contributed by atoms with Crippen LogP contribution in [0.15, 0.2) is 48.5 Å². The van der Waals surface area contributed by atoms with Gasteiger partial charge in [0.2, 0.25) is 0 Å². The van der Waals surface area contributed by atoms with Crippen molar-refractivity contribution in [3.8, 4) is 22.3 Å². The van der Waals surface area contributed by atoms with Gasteiger partial charge in [-0.05, 0) is 66.3 Å². The molecule has 140 valence electrons. The molecule has 27 heavy (non-hydrogen) atoms. The van der Waals surface area contributed by atoms with Crippen LogP contribution in [0.4, 0.5) is 22.0 Å². The molecule has 0 N–H and O–H groups in total. The second-order valence-electron chi connectivity index (χ2n) is 6.37. The van der Waals surface area contributed by atoms with Gasteiger partial charge < -0.3 is 0 Å². The van der Waals surface area contributed by atoms with Gasteiger partial charge in [0, 0.05) is 5.56 Å². The van der Waals surface area contributed by atoms with E-state index in [0.717, 1.165) is 0 Å². The summed E-state index contributed by atoms with van der Waals surface area (Å²) in [6.45, 7) is 0.799. The smallest absolute Gasteiger partial charge is 0.134 e. The first kappa shape index (κ1) is 19.1. The fourth-order valence-corrected chi connectivity index (χ4v) is 2.96. The third-order valence-electron chi connectivity index (χ3n) is 4.49. The van der Waals surface area contributed by atoms with Gasteiger partial charge >= 0.3 is 0 Å². The highest BCUT2D eigenvalue weighted by molar-refractivity contribution is 5.71. The maximum absolute atomic E-state index is 14.4. The first-order valence-electron chi connectivity index (χ1n) is 8.51. The third-order valence-corrected chi connectivity index (χ3v) is 4.49. The predicted octanol–water partition coefficient (Wildman–Crippen LogP) is 6.79. The molecule has 5 heteroatoms. The van der Waals surface area contributed by atoms with E-state index in [2.05, 4.69) is 0 Å². The van der Waals surface area contributed by atoms with E-state index >= 15 is 0 Å². The van der Waals surface area contributed by atoms with E-state index in [9.17, 15) is 22.0 Å². The molecule has 0 saturated heterocycles. The third kappa shape index (κ3) is 4.02. The van der Waals surface area contributed by atoms with Gasteiger partial charge in [-0.2, -0.15) is 0 Å². The summed E-state index contributed by atoms with van der Waals surface area (Å²) in [5.74, 6) is -2.78. The predicted molar refractivity (Wildman–Crippen MR) is 96.2 cm³/mol. The SMILES string of the molecule is Cc1c(F)cc(-c2ccc(-c3c(F)cc(CCCF)cc3F)cc2)cc1F. The van der Waals surface area contributed by atoms with Gasteiger partial charge in [-0.1, -0.05) is 24.3 Å². The molecule has 0 aromatic heterocycles. The first-order valence-corrected chi connectivity index (χ1v) is 8.51.